The molecule has 2 amide bonds. The normalized spacial score (nSPS) is 21.0. The molecule has 1 aliphatic heterocycles. The van der Waals surface area contributed by atoms with Crippen LogP contribution in [0, 0.1) is 0 Å². The SMILES string of the molecule is CC1CN(C(=O)CSc2nnc(CCC(N)=O)n2C2CC2)CCO1. The fraction of sp³-hybridized carbons (Fsp3) is 0.733. The maximum absolute atomic E-state index is 12.4. The van der Waals surface area contributed by atoms with E-state index in [1.807, 2.05) is 11.8 Å². The Hall–Kier alpha value is -1.61. The van der Waals surface area contributed by atoms with Crippen LogP contribution >= 0.6 is 11.8 Å². The zero-order chi connectivity index (χ0) is 17.1. The summed E-state index contributed by atoms with van der Waals surface area (Å²) in [7, 11) is 0. The fourth-order valence-electron chi connectivity index (χ4n) is 2.77. The molecule has 0 radical (unpaired) electrons. The number of aryl methyl sites for hydroxylation is 1. The van der Waals surface area contributed by atoms with Gasteiger partial charge in [0.25, 0.3) is 0 Å². The number of ether oxygens (including phenoxy) is 1. The van der Waals surface area contributed by atoms with Crippen molar-refractivity contribution in [2.24, 2.45) is 5.73 Å². The van der Waals surface area contributed by atoms with Crippen LogP contribution in [0.2, 0.25) is 0 Å². The van der Waals surface area contributed by atoms with Gasteiger partial charge in [0.05, 0.1) is 18.5 Å². The topological polar surface area (TPSA) is 103 Å². The Bertz CT molecular complexity index is 616. The maximum atomic E-state index is 12.4. The molecule has 132 valence electrons. The van der Waals surface area contributed by atoms with E-state index in [0.717, 1.165) is 23.8 Å². The highest BCUT2D eigenvalue weighted by Crippen LogP contribution is 2.39. The van der Waals surface area contributed by atoms with Gasteiger partial charge in [0.15, 0.2) is 5.16 Å². The first-order chi connectivity index (χ1) is 11.5. The van der Waals surface area contributed by atoms with E-state index in [2.05, 4.69) is 14.8 Å². The van der Waals surface area contributed by atoms with Crippen molar-refractivity contribution < 1.29 is 14.3 Å². The summed E-state index contributed by atoms with van der Waals surface area (Å²) >= 11 is 1.41. The number of nitrogens with two attached hydrogens (primary N) is 1. The van der Waals surface area contributed by atoms with Crippen molar-refractivity contribution >= 4 is 23.6 Å². The molecule has 1 unspecified atom stereocenters. The first kappa shape index (κ1) is 17.2. The van der Waals surface area contributed by atoms with Crippen molar-refractivity contribution in [3.63, 3.8) is 0 Å². The number of thioether (sulfide) groups is 1. The maximum Gasteiger partial charge on any atom is 0.233 e. The van der Waals surface area contributed by atoms with E-state index < -0.39 is 0 Å². The molecule has 3 rings (SSSR count). The van der Waals surface area contributed by atoms with E-state index >= 15 is 0 Å². The molecule has 0 aromatic carbocycles. The highest BCUT2D eigenvalue weighted by atomic mass is 32.2. The molecule has 0 spiro atoms. The summed E-state index contributed by atoms with van der Waals surface area (Å²) in [4.78, 5) is 25.2. The van der Waals surface area contributed by atoms with Gasteiger partial charge in [-0.05, 0) is 19.8 Å². The van der Waals surface area contributed by atoms with Crippen molar-refractivity contribution in [3.05, 3.63) is 5.82 Å². The molecule has 1 aromatic heterocycles. The molecule has 2 aliphatic rings. The number of amides is 2. The lowest BCUT2D eigenvalue weighted by Crippen LogP contribution is -2.45. The third-order valence-electron chi connectivity index (χ3n) is 4.16. The Labute approximate surface area is 145 Å². The Balaban J connectivity index is 1.60. The van der Waals surface area contributed by atoms with Gasteiger partial charge in [0, 0.05) is 32.0 Å². The molecular formula is C15H23N5O3S. The molecule has 0 bridgehead atoms. The highest BCUT2D eigenvalue weighted by Gasteiger charge is 2.30. The number of rotatable bonds is 7. The highest BCUT2D eigenvalue weighted by molar-refractivity contribution is 7.99. The Morgan fingerprint density at radius 1 is 1.38 bits per heavy atom. The molecule has 24 heavy (non-hydrogen) atoms. The molecule has 1 atom stereocenters. The van der Waals surface area contributed by atoms with E-state index in [0.29, 0.717) is 37.9 Å². The quantitative estimate of drug-likeness (QED) is 0.711. The average molecular weight is 353 g/mol. The van der Waals surface area contributed by atoms with Gasteiger partial charge < -0.3 is 19.9 Å². The van der Waals surface area contributed by atoms with E-state index in [1.165, 1.54) is 11.8 Å². The Kier molecular flexibility index (Phi) is 5.40. The molecule has 9 heteroatoms. The number of aromatic nitrogens is 3. The van der Waals surface area contributed by atoms with E-state index in [9.17, 15) is 9.59 Å². The van der Waals surface area contributed by atoms with Crippen LogP contribution in [0.4, 0.5) is 0 Å². The summed E-state index contributed by atoms with van der Waals surface area (Å²) in [6.07, 6.45) is 3.02. The van der Waals surface area contributed by atoms with Crippen LogP contribution in [0.5, 0.6) is 0 Å². The van der Waals surface area contributed by atoms with Crippen molar-refractivity contribution in [2.45, 2.75) is 49.9 Å². The van der Waals surface area contributed by atoms with Crippen LogP contribution in [0.1, 0.15) is 38.1 Å². The van der Waals surface area contributed by atoms with Gasteiger partial charge in [-0.1, -0.05) is 11.8 Å². The second kappa shape index (κ2) is 7.52. The lowest BCUT2D eigenvalue weighted by Gasteiger charge is -2.31. The van der Waals surface area contributed by atoms with Gasteiger partial charge in [-0.15, -0.1) is 10.2 Å². The molecule has 1 saturated heterocycles. The van der Waals surface area contributed by atoms with Crippen molar-refractivity contribution in [2.75, 3.05) is 25.4 Å². The van der Waals surface area contributed by atoms with Crippen LogP contribution in [0.25, 0.3) is 0 Å². The predicted molar refractivity (Wildman–Crippen MR) is 88.5 cm³/mol. The minimum Gasteiger partial charge on any atom is -0.375 e. The van der Waals surface area contributed by atoms with Crippen molar-refractivity contribution in [1.29, 1.82) is 0 Å². The number of nitrogens with zero attached hydrogens (tertiary/aromatic N) is 4. The zero-order valence-corrected chi connectivity index (χ0v) is 14.6. The summed E-state index contributed by atoms with van der Waals surface area (Å²) in [6, 6.07) is 0.392. The van der Waals surface area contributed by atoms with Gasteiger partial charge >= 0.3 is 0 Å². The minimum atomic E-state index is -0.342. The molecule has 2 heterocycles. The third-order valence-corrected chi connectivity index (χ3v) is 5.09. The summed E-state index contributed by atoms with van der Waals surface area (Å²) in [5.74, 6) is 0.879. The third kappa shape index (κ3) is 4.27. The van der Waals surface area contributed by atoms with Crippen LogP contribution in [0.3, 0.4) is 0 Å². The number of primary amides is 1. The molecule has 1 aliphatic carbocycles. The predicted octanol–water partition coefficient (Wildman–Crippen LogP) is 0.370. The summed E-state index contributed by atoms with van der Waals surface area (Å²) in [5.41, 5.74) is 5.22. The number of morpholine rings is 1. The monoisotopic (exact) mass is 353 g/mol. The second-order valence-electron chi connectivity index (χ2n) is 6.28. The Morgan fingerprint density at radius 3 is 2.83 bits per heavy atom. The molecule has 2 fully saturated rings. The van der Waals surface area contributed by atoms with Crippen LogP contribution in [-0.2, 0) is 20.7 Å². The standard InChI is InChI=1S/C15H23N5O3S/c1-10-8-19(6-7-23-10)14(22)9-24-15-18-17-13(5-4-12(16)21)20(15)11-2-3-11/h10-11H,2-9H2,1H3,(H2,16,21). The van der Waals surface area contributed by atoms with E-state index in [4.69, 9.17) is 10.5 Å². The molecule has 1 aromatic rings. The molecular weight excluding hydrogens is 330 g/mol. The molecule has 2 N–H and O–H groups in total. The first-order valence-electron chi connectivity index (χ1n) is 8.29. The van der Waals surface area contributed by atoms with Crippen LogP contribution in [-0.4, -0.2) is 63.0 Å². The minimum absolute atomic E-state index is 0.0863. The molecule has 1 saturated carbocycles. The summed E-state index contributed by atoms with van der Waals surface area (Å²) < 4.78 is 7.54. The smallest absolute Gasteiger partial charge is 0.233 e. The van der Waals surface area contributed by atoms with Gasteiger partial charge in [0.1, 0.15) is 5.82 Å². The van der Waals surface area contributed by atoms with Gasteiger partial charge in [-0.2, -0.15) is 0 Å². The van der Waals surface area contributed by atoms with E-state index in [-0.39, 0.29) is 24.3 Å². The van der Waals surface area contributed by atoms with Crippen LogP contribution < -0.4 is 5.73 Å². The van der Waals surface area contributed by atoms with Crippen LogP contribution in [0.15, 0.2) is 5.16 Å². The summed E-state index contributed by atoms with van der Waals surface area (Å²) in [5, 5.41) is 9.16. The lowest BCUT2D eigenvalue weighted by atomic mass is 10.3. The largest absolute Gasteiger partial charge is 0.375 e. The average Bonchev–Trinajstić information content (AvgIpc) is 3.31. The lowest BCUT2D eigenvalue weighted by molar-refractivity contribution is -0.135. The number of carbonyl (C=O) groups is 2. The fourth-order valence-corrected chi connectivity index (χ4v) is 3.70. The number of hydrogen-bond acceptors (Lipinski definition) is 6. The Morgan fingerprint density at radius 2 is 2.17 bits per heavy atom. The first-order valence-corrected chi connectivity index (χ1v) is 9.27. The second-order valence-corrected chi connectivity index (χ2v) is 7.22. The number of hydrogen-bond donors (Lipinski definition) is 1. The summed E-state index contributed by atoms with van der Waals surface area (Å²) in [6.45, 7) is 3.84. The van der Waals surface area contributed by atoms with Crippen molar-refractivity contribution in [1.82, 2.24) is 19.7 Å². The molecule has 8 nitrogen and oxygen atoms in total. The number of carbonyl (C=O) groups excluding carboxylic acids is 2. The van der Waals surface area contributed by atoms with Gasteiger partial charge in [0.2, 0.25) is 11.8 Å². The van der Waals surface area contributed by atoms with Crippen molar-refractivity contribution in [3.8, 4) is 0 Å². The van der Waals surface area contributed by atoms with Gasteiger partial charge in [-0.3, -0.25) is 9.59 Å². The zero-order valence-electron chi connectivity index (χ0n) is 13.8. The van der Waals surface area contributed by atoms with E-state index in [1.54, 1.807) is 0 Å². The van der Waals surface area contributed by atoms with Gasteiger partial charge in [-0.25, -0.2) is 0 Å².